The molecule has 0 bridgehead atoms. The van der Waals surface area contributed by atoms with Crippen molar-refractivity contribution in [1.82, 2.24) is 15.1 Å². The largest absolute Gasteiger partial charge is 0.353 e. The molecule has 1 N–H and O–H groups in total. The molecular formula is C14H17N3O. The number of carbonyl (C=O) groups excluding carboxylic acids is 1. The van der Waals surface area contributed by atoms with Gasteiger partial charge in [0.15, 0.2) is 0 Å². The first-order valence-corrected chi connectivity index (χ1v) is 6.44. The average molecular weight is 243 g/mol. The smallest absolute Gasteiger partial charge is 0.220 e. The minimum atomic E-state index is 0.182. The van der Waals surface area contributed by atoms with E-state index >= 15 is 0 Å². The van der Waals surface area contributed by atoms with Crippen LogP contribution in [0.1, 0.15) is 24.8 Å². The highest BCUT2D eigenvalue weighted by Crippen LogP contribution is 2.17. The molecule has 1 aliphatic rings. The SMILES string of the molecule is Cc1ccc2cnn(CC[C@H]3CCC(=O)N3)c2c1. The summed E-state index contributed by atoms with van der Waals surface area (Å²) in [5, 5.41) is 8.59. The van der Waals surface area contributed by atoms with Crippen molar-refractivity contribution in [2.75, 3.05) is 0 Å². The third kappa shape index (κ3) is 2.10. The molecule has 0 saturated carbocycles. The lowest BCUT2D eigenvalue weighted by atomic mass is 10.1. The van der Waals surface area contributed by atoms with Gasteiger partial charge >= 0.3 is 0 Å². The van der Waals surface area contributed by atoms with E-state index in [1.165, 1.54) is 16.5 Å². The second kappa shape index (κ2) is 4.44. The summed E-state index contributed by atoms with van der Waals surface area (Å²) in [5.74, 6) is 0.182. The molecule has 0 aliphatic carbocycles. The number of hydrogen-bond donors (Lipinski definition) is 1. The van der Waals surface area contributed by atoms with Crippen LogP contribution in [-0.2, 0) is 11.3 Å². The maximum Gasteiger partial charge on any atom is 0.220 e. The second-order valence-corrected chi connectivity index (χ2v) is 5.02. The van der Waals surface area contributed by atoms with Crippen LogP contribution in [0.4, 0.5) is 0 Å². The monoisotopic (exact) mass is 243 g/mol. The predicted molar refractivity (Wildman–Crippen MR) is 70.3 cm³/mol. The molecule has 18 heavy (non-hydrogen) atoms. The van der Waals surface area contributed by atoms with Crippen LogP contribution in [0.15, 0.2) is 24.4 Å². The minimum Gasteiger partial charge on any atom is -0.353 e. The lowest BCUT2D eigenvalue weighted by Crippen LogP contribution is -2.26. The minimum absolute atomic E-state index is 0.182. The Morgan fingerprint density at radius 3 is 3.17 bits per heavy atom. The van der Waals surface area contributed by atoms with Crippen molar-refractivity contribution < 1.29 is 4.79 Å². The fourth-order valence-electron chi connectivity index (χ4n) is 2.53. The lowest BCUT2D eigenvalue weighted by molar-refractivity contribution is -0.119. The molecular weight excluding hydrogens is 226 g/mol. The number of nitrogens with zero attached hydrogens (tertiary/aromatic N) is 2. The van der Waals surface area contributed by atoms with Gasteiger partial charge < -0.3 is 5.32 Å². The van der Waals surface area contributed by atoms with Crippen LogP contribution in [0.2, 0.25) is 0 Å². The summed E-state index contributed by atoms with van der Waals surface area (Å²) in [4.78, 5) is 11.1. The van der Waals surface area contributed by atoms with Crippen LogP contribution >= 0.6 is 0 Å². The van der Waals surface area contributed by atoms with E-state index in [2.05, 4.69) is 35.5 Å². The van der Waals surface area contributed by atoms with Crippen molar-refractivity contribution in [2.24, 2.45) is 0 Å². The molecule has 0 unspecified atom stereocenters. The van der Waals surface area contributed by atoms with Gasteiger partial charge in [0.05, 0.1) is 11.7 Å². The Balaban J connectivity index is 1.74. The number of fused-ring (bicyclic) bond motifs is 1. The maximum absolute atomic E-state index is 11.1. The van der Waals surface area contributed by atoms with Gasteiger partial charge in [-0.15, -0.1) is 0 Å². The number of aromatic nitrogens is 2. The first-order chi connectivity index (χ1) is 8.72. The Bertz CT molecular complexity index is 588. The Labute approximate surface area is 106 Å². The maximum atomic E-state index is 11.1. The van der Waals surface area contributed by atoms with Gasteiger partial charge in [-0.25, -0.2) is 0 Å². The summed E-state index contributed by atoms with van der Waals surface area (Å²) in [6.07, 6.45) is 4.49. The fraction of sp³-hybridized carbons (Fsp3) is 0.429. The molecule has 2 heterocycles. The number of benzene rings is 1. The number of nitrogens with one attached hydrogen (secondary N) is 1. The fourth-order valence-corrected chi connectivity index (χ4v) is 2.53. The summed E-state index contributed by atoms with van der Waals surface area (Å²) in [5.41, 5.74) is 2.43. The summed E-state index contributed by atoms with van der Waals surface area (Å²) >= 11 is 0. The molecule has 1 saturated heterocycles. The van der Waals surface area contributed by atoms with Crippen molar-refractivity contribution in [3.8, 4) is 0 Å². The first-order valence-electron chi connectivity index (χ1n) is 6.44. The lowest BCUT2D eigenvalue weighted by Gasteiger charge is -2.10. The van der Waals surface area contributed by atoms with E-state index in [-0.39, 0.29) is 5.91 Å². The van der Waals surface area contributed by atoms with Crippen LogP contribution in [0.5, 0.6) is 0 Å². The van der Waals surface area contributed by atoms with Crippen LogP contribution in [0, 0.1) is 6.92 Å². The zero-order chi connectivity index (χ0) is 12.5. The molecule has 1 amide bonds. The van der Waals surface area contributed by atoms with Gasteiger partial charge in [0.1, 0.15) is 0 Å². The standard InChI is InChI=1S/C14H17N3O/c1-10-2-3-11-9-15-17(13(11)8-10)7-6-12-4-5-14(18)16-12/h2-3,8-9,12H,4-7H2,1H3,(H,16,18)/t12-/m1/s1. The Hall–Kier alpha value is -1.84. The van der Waals surface area contributed by atoms with Crippen LogP contribution in [0.25, 0.3) is 10.9 Å². The number of rotatable bonds is 3. The van der Waals surface area contributed by atoms with Crippen molar-refractivity contribution in [1.29, 1.82) is 0 Å². The van der Waals surface area contributed by atoms with Gasteiger partial charge in [-0.1, -0.05) is 12.1 Å². The quantitative estimate of drug-likeness (QED) is 0.896. The third-order valence-electron chi connectivity index (χ3n) is 3.57. The van der Waals surface area contributed by atoms with Crippen molar-refractivity contribution in [2.45, 2.75) is 38.8 Å². The normalized spacial score (nSPS) is 19.4. The van der Waals surface area contributed by atoms with E-state index in [1.807, 2.05) is 10.9 Å². The van der Waals surface area contributed by atoms with E-state index in [0.29, 0.717) is 12.5 Å². The Morgan fingerprint density at radius 2 is 2.39 bits per heavy atom. The van der Waals surface area contributed by atoms with Crippen LogP contribution < -0.4 is 5.32 Å². The van der Waals surface area contributed by atoms with Crippen LogP contribution in [0.3, 0.4) is 0 Å². The van der Waals surface area contributed by atoms with Gasteiger partial charge in [0.25, 0.3) is 0 Å². The summed E-state index contributed by atoms with van der Waals surface area (Å²) in [6.45, 7) is 2.95. The van der Waals surface area contributed by atoms with Crippen LogP contribution in [-0.4, -0.2) is 21.7 Å². The van der Waals surface area contributed by atoms with E-state index in [9.17, 15) is 4.79 Å². The molecule has 1 aromatic carbocycles. The summed E-state index contributed by atoms with van der Waals surface area (Å²) < 4.78 is 2.03. The highest BCUT2D eigenvalue weighted by molar-refractivity contribution is 5.79. The molecule has 1 aliphatic heterocycles. The van der Waals surface area contributed by atoms with Gasteiger partial charge in [-0.3, -0.25) is 9.48 Å². The molecule has 4 heteroatoms. The van der Waals surface area contributed by atoms with E-state index in [4.69, 9.17) is 0 Å². The van der Waals surface area contributed by atoms with Gasteiger partial charge in [0.2, 0.25) is 5.91 Å². The topological polar surface area (TPSA) is 46.9 Å². The average Bonchev–Trinajstić information content (AvgIpc) is 2.93. The molecule has 1 aromatic heterocycles. The van der Waals surface area contributed by atoms with Crippen molar-refractivity contribution in [3.63, 3.8) is 0 Å². The third-order valence-corrected chi connectivity index (χ3v) is 3.57. The zero-order valence-corrected chi connectivity index (χ0v) is 10.5. The van der Waals surface area contributed by atoms with Gasteiger partial charge in [-0.2, -0.15) is 5.10 Å². The molecule has 0 radical (unpaired) electrons. The molecule has 3 rings (SSSR count). The molecule has 1 atom stereocenters. The van der Waals surface area contributed by atoms with Crippen molar-refractivity contribution in [3.05, 3.63) is 30.0 Å². The summed E-state index contributed by atoms with van der Waals surface area (Å²) in [6, 6.07) is 6.69. The molecule has 2 aromatic rings. The number of amides is 1. The number of hydrogen-bond acceptors (Lipinski definition) is 2. The zero-order valence-electron chi connectivity index (χ0n) is 10.5. The van der Waals surface area contributed by atoms with Gasteiger partial charge in [0, 0.05) is 24.4 Å². The predicted octanol–water partition coefficient (Wildman–Crippen LogP) is 2.01. The van der Waals surface area contributed by atoms with E-state index in [1.54, 1.807) is 0 Å². The highest BCUT2D eigenvalue weighted by atomic mass is 16.1. The Morgan fingerprint density at radius 1 is 1.50 bits per heavy atom. The van der Waals surface area contributed by atoms with E-state index in [0.717, 1.165) is 19.4 Å². The number of aryl methyl sites for hydroxylation is 2. The molecule has 1 fully saturated rings. The first kappa shape index (κ1) is 11.3. The molecule has 94 valence electrons. The molecule has 4 nitrogen and oxygen atoms in total. The highest BCUT2D eigenvalue weighted by Gasteiger charge is 2.20. The van der Waals surface area contributed by atoms with Crippen molar-refractivity contribution >= 4 is 16.8 Å². The van der Waals surface area contributed by atoms with E-state index < -0.39 is 0 Å². The number of carbonyl (C=O) groups is 1. The Kier molecular flexibility index (Phi) is 2.78. The van der Waals surface area contributed by atoms with Gasteiger partial charge in [-0.05, 0) is 31.4 Å². The summed E-state index contributed by atoms with van der Waals surface area (Å²) in [7, 11) is 0. The second-order valence-electron chi connectivity index (χ2n) is 5.02. The molecule has 0 spiro atoms.